The molecule has 2 aliphatic rings. The summed E-state index contributed by atoms with van der Waals surface area (Å²) in [5.74, 6) is 1.18. The van der Waals surface area contributed by atoms with Crippen molar-refractivity contribution in [1.29, 1.82) is 5.26 Å². The molecular weight excluding hydrogens is 418 g/mol. The van der Waals surface area contributed by atoms with E-state index in [1.165, 1.54) is 29.9 Å². The molecule has 0 radical (unpaired) electrons. The van der Waals surface area contributed by atoms with Crippen molar-refractivity contribution < 1.29 is 22.3 Å². The highest BCUT2D eigenvalue weighted by molar-refractivity contribution is 5.30. The smallest absolute Gasteiger partial charge is 0.406 e. The Morgan fingerprint density at radius 1 is 1.00 bits per heavy atom. The summed E-state index contributed by atoms with van der Waals surface area (Å²) in [5.41, 5.74) is 2.44. The lowest BCUT2D eigenvalue weighted by Gasteiger charge is -2.36. The third kappa shape index (κ3) is 7.12. The molecular formula is C26H31F4NO. The van der Waals surface area contributed by atoms with Crippen molar-refractivity contribution in [2.45, 2.75) is 76.5 Å². The maximum atomic E-state index is 12.9. The average molecular weight is 450 g/mol. The van der Waals surface area contributed by atoms with Gasteiger partial charge in [-0.15, -0.1) is 13.2 Å². The summed E-state index contributed by atoms with van der Waals surface area (Å²) in [4.78, 5) is 0. The molecule has 174 valence electrons. The van der Waals surface area contributed by atoms with E-state index in [1.807, 2.05) is 0 Å². The fourth-order valence-corrected chi connectivity index (χ4v) is 5.39. The van der Waals surface area contributed by atoms with Crippen molar-refractivity contribution in [3.63, 3.8) is 0 Å². The Morgan fingerprint density at radius 2 is 1.56 bits per heavy atom. The van der Waals surface area contributed by atoms with Gasteiger partial charge in [-0.05, 0) is 112 Å². The quantitative estimate of drug-likeness (QED) is 0.238. The van der Waals surface area contributed by atoms with Gasteiger partial charge in [0.25, 0.3) is 0 Å². The monoisotopic (exact) mass is 449 g/mol. The number of hydrogen-bond donors (Lipinski definition) is 0. The zero-order valence-corrected chi connectivity index (χ0v) is 18.3. The SMILES string of the molecule is C=C(C1CCC(CCC=C(F)C#N)CC1)C1CCC(c2ccc(OC(F)(F)F)cc2)CC1. The molecule has 0 heterocycles. The first-order chi connectivity index (χ1) is 15.2. The zero-order valence-electron chi connectivity index (χ0n) is 18.3. The van der Waals surface area contributed by atoms with Gasteiger partial charge in [0.15, 0.2) is 5.83 Å². The molecule has 32 heavy (non-hydrogen) atoms. The van der Waals surface area contributed by atoms with E-state index < -0.39 is 12.2 Å². The van der Waals surface area contributed by atoms with E-state index in [0.29, 0.717) is 30.1 Å². The summed E-state index contributed by atoms with van der Waals surface area (Å²) in [6.07, 6.45) is 7.01. The second-order valence-corrected chi connectivity index (χ2v) is 9.20. The topological polar surface area (TPSA) is 33.0 Å². The van der Waals surface area contributed by atoms with E-state index in [9.17, 15) is 17.6 Å². The third-order valence-electron chi connectivity index (χ3n) is 7.21. The third-order valence-corrected chi connectivity index (χ3v) is 7.21. The molecule has 0 bridgehead atoms. The Labute approximate surface area is 188 Å². The molecule has 1 aromatic carbocycles. The van der Waals surface area contributed by atoms with Crippen molar-refractivity contribution in [3.8, 4) is 11.8 Å². The Morgan fingerprint density at radius 3 is 2.09 bits per heavy atom. The van der Waals surface area contributed by atoms with E-state index in [-0.39, 0.29) is 5.75 Å². The number of rotatable bonds is 7. The lowest BCUT2D eigenvalue weighted by Crippen LogP contribution is -2.22. The largest absolute Gasteiger partial charge is 0.573 e. The standard InChI is InChI=1S/C26H31F4NO/c1-18(20-7-5-19(6-8-20)3-2-4-24(27)17-31)21-9-11-22(12-10-21)23-13-15-25(16-14-23)32-26(28,29)30/h4,13-16,19-22H,1-3,5-12H2. The molecule has 2 aliphatic carbocycles. The molecule has 2 saturated carbocycles. The maximum absolute atomic E-state index is 12.9. The molecule has 0 atom stereocenters. The number of allylic oxidation sites excluding steroid dienone is 3. The van der Waals surface area contributed by atoms with Gasteiger partial charge in [0, 0.05) is 0 Å². The van der Waals surface area contributed by atoms with Crippen molar-refractivity contribution in [2.75, 3.05) is 0 Å². The zero-order chi connectivity index (χ0) is 23.1. The Hall–Kier alpha value is -2.29. The van der Waals surface area contributed by atoms with E-state index in [0.717, 1.165) is 63.4 Å². The van der Waals surface area contributed by atoms with Crippen molar-refractivity contribution in [1.82, 2.24) is 0 Å². The van der Waals surface area contributed by atoms with Crippen LogP contribution in [0.25, 0.3) is 0 Å². The first-order valence-corrected chi connectivity index (χ1v) is 11.5. The molecule has 1 aromatic rings. The van der Waals surface area contributed by atoms with E-state index in [2.05, 4.69) is 11.3 Å². The van der Waals surface area contributed by atoms with Crippen LogP contribution in [0.3, 0.4) is 0 Å². The number of nitriles is 1. The minimum Gasteiger partial charge on any atom is -0.406 e. The van der Waals surface area contributed by atoms with Crippen molar-refractivity contribution >= 4 is 0 Å². The molecule has 0 aliphatic heterocycles. The van der Waals surface area contributed by atoms with Crippen LogP contribution in [0.15, 0.2) is 48.3 Å². The first kappa shape index (κ1) is 24.4. The second-order valence-electron chi connectivity index (χ2n) is 9.20. The fourth-order valence-electron chi connectivity index (χ4n) is 5.39. The normalized spacial score (nSPS) is 26.9. The van der Waals surface area contributed by atoms with Crippen LogP contribution in [-0.4, -0.2) is 6.36 Å². The van der Waals surface area contributed by atoms with Gasteiger partial charge in [-0.2, -0.15) is 9.65 Å². The number of halogens is 4. The van der Waals surface area contributed by atoms with Gasteiger partial charge in [0.05, 0.1) is 0 Å². The molecule has 0 saturated heterocycles. The molecule has 2 fully saturated rings. The Bertz CT molecular complexity index is 821. The Kier molecular flexibility index (Phi) is 8.39. The highest BCUT2D eigenvalue weighted by atomic mass is 19.4. The van der Waals surface area contributed by atoms with Gasteiger partial charge in [-0.3, -0.25) is 0 Å². The van der Waals surface area contributed by atoms with E-state index >= 15 is 0 Å². The molecule has 0 amide bonds. The van der Waals surface area contributed by atoms with Crippen molar-refractivity contribution in [3.05, 3.63) is 53.9 Å². The van der Waals surface area contributed by atoms with Gasteiger partial charge in [-0.1, -0.05) is 24.3 Å². The maximum Gasteiger partial charge on any atom is 0.573 e. The minimum absolute atomic E-state index is 0.176. The summed E-state index contributed by atoms with van der Waals surface area (Å²) in [5, 5.41) is 8.48. The summed E-state index contributed by atoms with van der Waals surface area (Å²) in [6.45, 7) is 4.45. The summed E-state index contributed by atoms with van der Waals surface area (Å²) in [7, 11) is 0. The second kappa shape index (κ2) is 11.0. The predicted octanol–water partition coefficient (Wildman–Crippen LogP) is 8.38. The van der Waals surface area contributed by atoms with Crippen LogP contribution in [0.4, 0.5) is 17.6 Å². The molecule has 0 aromatic heterocycles. The van der Waals surface area contributed by atoms with Gasteiger partial charge < -0.3 is 4.74 Å². The minimum atomic E-state index is -4.66. The van der Waals surface area contributed by atoms with Gasteiger partial charge in [-0.25, -0.2) is 0 Å². The highest BCUT2D eigenvalue weighted by Crippen LogP contribution is 2.44. The van der Waals surface area contributed by atoms with Crippen LogP contribution >= 0.6 is 0 Å². The van der Waals surface area contributed by atoms with E-state index in [4.69, 9.17) is 5.26 Å². The van der Waals surface area contributed by atoms with Gasteiger partial charge >= 0.3 is 6.36 Å². The fraction of sp³-hybridized carbons (Fsp3) is 0.577. The lowest BCUT2D eigenvalue weighted by molar-refractivity contribution is -0.274. The van der Waals surface area contributed by atoms with Crippen LogP contribution < -0.4 is 4.74 Å². The molecule has 0 unspecified atom stereocenters. The van der Waals surface area contributed by atoms with Crippen LogP contribution in [-0.2, 0) is 0 Å². The van der Waals surface area contributed by atoms with Gasteiger partial charge in [0.2, 0.25) is 0 Å². The summed E-state index contributed by atoms with van der Waals surface area (Å²) in [6, 6.07) is 7.82. The average Bonchev–Trinajstić information content (AvgIpc) is 2.78. The number of benzene rings is 1. The molecule has 6 heteroatoms. The number of alkyl halides is 3. The van der Waals surface area contributed by atoms with Crippen LogP contribution in [0.2, 0.25) is 0 Å². The highest BCUT2D eigenvalue weighted by Gasteiger charge is 2.32. The Balaban J connectivity index is 1.42. The molecule has 3 rings (SSSR count). The van der Waals surface area contributed by atoms with Crippen molar-refractivity contribution in [2.24, 2.45) is 17.8 Å². The first-order valence-electron chi connectivity index (χ1n) is 11.5. The number of ether oxygens (including phenoxy) is 1. The predicted molar refractivity (Wildman–Crippen MR) is 116 cm³/mol. The molecule has 0 spiro atoms. The van der Waals surface area contributed by atoms with Gasteiger partial charge in [0.1, 0.15) is 11.8 Å². The van der Waals surface area contributed by atoms with Crippen LogP contribution in [0.1, 0.15) is 75.7 Å². The molecule has 0 N–H and O–H groups in total. The summed E-state index contributed by atoms with van der Waals surface area (Å²) < 4.78 is 53.9. The summed E-state index contributed by atoms with van der Waals surface area (Å²) >= 11 is 0. The lowest BCUT2D eigenvalue weighted by atomic mass is 9.69. The number of hydrogen-bond acceptors (Lipinski definition) is 2. The van der Waals surface area contributed by atoms with Crippen LogP contribution in [0, 0.1) is 29.1 Å². The molecule has 2 nitrogen and oxygen atoms in total. The number of nitrogens with zero attached hydrogens (tertiary/aromatic N) is 1. The van der Waals surface area contributed by atoms with E-state index in [1.54, 1.807) is 12.1 Å². The van der Waals surface area contributed by atoms with Crippen LogP contribution in [0.5, 0.6) is 5.75 Å².